The predicted octanol–water partition coefficient (Wildman–Crippen LogP) is 4.43. The number of benzene rings is 2. The van der Waals surface area contributed by atoms with Crippen molar-refractivity contribution in [1.29, 1.82) is 0 Å². The second-order valence-corrected chi connectivity index (χ2v) is 10.2. The third-order valence-electron chi connectivity index (χ3n) is 6.70. The Kier molecular flexibility index (Phi) is 7.35. The lowest BCUT2D eigenvalue weighted by molar-refractivity contribution is 0.0765. The molecule has 0 spiro atoms. The number of likely N-dealkylation sites (tertiary alicyclic amines) is 2. The summed E-state index contributed by atoms with van der Waals surface area (Å²) in [6, 6.07) is 16.1. The highest BCUT2D eigenvalue weighted by Crippen LogP contribution is 2.25. The summed E-state index contributed by atoms with van der Waals surface area (Å²) in [5, 5.41) is 13.2. The van der Waals surface area contributed by atoms with E-state index in [-0.39, 0.29) is 5.91 Å². The quantitative estimate of drug-likeness (QED) is 0.651. The van der Waals surface area contributed by atoms with Crippen LogP contribution in [0.2, 0.25) is 0 Å². The molecule has 2 aromatic carbocycles. The van der Waals surface area contributed by atoms with Crippen molar-refractivity contribution >= 4 is 11.6 Å². The summed E-state index contributed by atoms with van der Waals surface area (Å²) in [6.45, 7) is 7.73. The third-order valence-corrected chi connectivity index (χ3v) is 6.70. The van der Waals surface area contributed by atoms with Crippen molar-refractivity contribution in [2.45, 2.75) is 44.9 Å². The highest BCUT2D eigenvalue weighted by atomic mass is 19.1. The topological polar surface area (TPSA) is 55.8 Å². The lowest BCUT2D eigenvalue weighted by atomic mass is 9.95. The summed E-state index contributed by atoms with van der Waals surface area (Å²) >= 11 is 0. The highest BCUT2D eigenvalue weighted by molar-refractivity contribution is 5.95. The van der Waals surface area contributed by atoms with Gasteiger partial charge in [0.05, 0.1) is 6.10 Å². The molecule has 2 aliphatic heterocycles. The van der Waals surface area contributed by atoms with E-state index in [1.807, 2.05) is 24.3 Å². The van der Waals surface area contributed by atoms with Gasteiger partial charge in [0.25, 0.3) is 5.91 Å². The molecule has 0 aromatic heterocycles. The zero-order valence-electron chi connectivity index (χ0n) is 19.8. The molecule has 5 nitrogen and oxygen atoms in total. The number of halogens is 1. The van der Waals surface area contributed by atoms with E-state index in [1.165, 1.54) is 0 Å². The zero-order valence-corrected chi connectivity index (χ0v) is 19.8. The van der Waals surface area contributed by atoms with Crippen LogP contribution in [-0.4, -0.2) is 71.9 Å². The van der Waals surface area contributed by atoms with Crippen LogP contribution in [-0.2, 0) is 0 Å². The monoisotopic (exact) mass is 453 g/mol. The summed E-state index contributed by atoms with van der Waals surface area (Å²) in [7, 11) is 0. The standard InChI is InChI=1S/C27H36FN3O2/c1-27(2,28)19-30-14-11-20(12-15-30)17-29-24-9-7-22(8-10-24)21-3-5-23(6-4-21)26(33)31-16-13-25(32)18-31/h3-10,20,25,29,32H,11-19H2,1-2H3. The van der Waals surface area contributed by atoms with E-state index >= 15 is 0 Å². The molecule has 2 saturated heterocycles. The number of alkyl halides is 1. The smallest absolute Gasteiger partial charge is 0.253 e. The molecule has 0 bridgehead atoms. The number of anilines is 1. The molecule has 0 saturated carbocycles. The third kappa shape index (κ3) is 6.55. The Bertz CT molecular complexity index is 916. The second-order valence-electron chi connectivity index (χ2n) is 10.2. The number of hydrogen-bond acceptors (Lipinski definition) is 4. The normalized spacial score (nSPS) is 20.2. The van der Waals surface area contributed by atoms with Gasteiger partial charge in [-0.25, -0.2) is 4.39 Å². The molecule has 2 aliphatic rings. The van der Waals surface area contributed by atoms with Gasteiger partial charge in [0, 0.05) is 37.4 Å². The largest absolute Gasteiger partial charge is 0.391 e. The molecular formula is C27H36FN3O2. The minimum atomic E-state index is -1.12. The summed E-state index contributed by atoms with van der Waals surface area (Å²) in [6.07, 6.45) is 2.45. The molecule has 33 heavy (non-hydrogen) atoms. The SMILES string of the molecule is CC(C)(F)CN1CCC(CNc2ccc(-c3ccc(C(=O)N4CCC(O)C4)cc3)cc2)CC1. The van der Waals surface area contributed by atoms with E-state index in [2.05, 4.69) is 34.5 Å². The maximum atomic E-state index is 13.8. The Hall–Kier alpha value is -2.44. The van der Waals surface area contributed by atoms with Gasteiger partial charge in [0.2, 0.25) is 0 Å². The van der Waals surface area contributed by atoms with Crippen LogP contribution in [0, 0.1) is 5.92 Å². The molecule has 1 atom stereocenters. The van der Waals surface area contributed by atoms with Gasteiger partial charge < -0.3 is 20.2 Å². The molecule has 2 heterocycles. The predicted molar refractivity (Wildman–Crippen MR) is 131 cm³/mol. The molecular weight excluding hydrogens is 417 g/mol. The van der Waals surface area contributed by atoms with Crippen molar-refractivity contribution in [2.75, 3.05) is 44.6 Å². The molecule has 2 fully saturated rings. The van der Waals surface area contributed by atoms with Crippen LogP contribution in [0.5, 0.6) is 0 Å². The van der Waals surface area contributed by atoms with Gasteiger partial charge in [-0.3, -0.25) is 4.79 Å². The fraction of sp³-hybridized carbons (Fsp3) is 0.519. The fourth-order valence-corrected chi connectivity index (χ4v) is 4.84. The molecule has 4 rings (SSSR count). The Balaban J connectivity index is 1.26. The highest BCUT2D eigenvalue weighted by Gasteiger charge is 2.26. The van der Waals surface area contributed by atoms with E-state index in [0.717, 1.165) is 49.3 Å². The lowest BCUT2D eigenvalue weighted by Gasteiger charge is -2.34. The second kappa shape index (κ2) is 10.2. The maximum Gasteiger partial charge on any atom is 0.253 e. The number of nitrogens with one attached hydrogen (secondary N) is 1. The number of hydrogen-bond donors (Lipinski definition) is 2. The van der Waals surface area contributed by atoms with Gasteiger partial charge in [-0.2, -0.15) is 0 Å². The van der Waals surface area contributed by atoms with Gasteiger partial charge in [-0.1, -0.05) is 24.3 Å². The van der Waals surface area contributed by atoms with Crippen LogP contribution in [0.25, 0.3) is 11.1 Å². The Morgan fingerprint density at radius 2 is 1.61 bits per heavy atom. The molecule has 178 valence electrons. The van der Waals surface area contributed by atoms with Crippen LogP contribution < -0.4 is 5.32 Å². The van der Waals surface area contributed by atoms with Crippen molar-refractivity contribution in [3.05, 3.63) is 54.1 Å². The number of nitrogens with zero attached hydrogens (tertiary/aromatic N) is 2. The average molecular weight is 454 g/mol. The summed E-state index contributed by atoms with van der Waals surface area (Å²) in [5.41, 5.74) is 2.82. The van der Waals surface area contributed by atoms with E-state index in [9.17, 15) is 14.3 Å². The first-order chi connectivity index (χ1) is 15.8. The number of aliphatic hydroxyl groups is 1. The molecule has 1 unspecified atom stereocenters. The number of piperidine rings is 1. The molecule has 2 aromatic rings. The molecule has 1 amide bonds. The number of carbonyl (C=O) groups is 1. The van der Waals surface area contributed by atoms with E-state index < -0.39 is 11.8 Å². The van der Waals surface area contributed by atoms with Crippen LogP contribution >= 0.6 is 0 Å². The number of aliphatic hydroxyl groups excluding tert-OH is 1. The van der Waals surface area contributed by atoms with Crippen molar-refractivity contribution < 1.29 is 14.3 Å². The first-order valence-electron chi connectivity index (χ1n) is 12.1. The molecule has 0 radical (unpaired) electrons. The zero-order chi connectivity index (χ0) is 23.4. The summed E-state index contributed by atoms with van der Waals surface area (Å²) < 4.78 is 13.8. The molecule has 0 aliphatic carbocycles. The van der Waals surface area contributed by atoms with Gasteiger partial charge in [-0.05, 0) is 87.5 Å². The van der Waals surface area contributed by atoms with Crippen molar-refractivity contribution in [2.24, 2.45) is 5.92 Å². The van der Waals surface area contributed by atoms with Crippen LogP contribution in [0.15, 0.2) is 48.5 Å². The minimum Gasteiger partial charge on any atom is -0.391 e. The average Bonchev–Trinajstić information content (AvgIpc) is 3.24. The van der Waals surface area contributed by atoms with Crippen molar-refractivity contribution in [3.63, 3.8) is 0 Å². The van der Waals surface area contributed by atoms with Gasteiger partial charge >= 0.3 is 0 Å². The molecule has 6 heteroatoms. The maximum absolute atomic E-state index is 13.8. The number of rotatable bonds is 7. The summed E-state index contributed by atoms with van der Waals surface area (Å²) in [4.78, 5) is 16.5. The summed E-state index contributed by atoms with van der Waals surface area (Å²) in [5.74, 6) is 0.599. The van der Waals surface area contributed by atoms with E-state index in [4.69, 9.17) is 0 Å². The Labute approximate surface area is 196 Å². The van der Waals surface area contributed by atoms with Crippen molar-refractivity contribution in [1.82, 2.24) is 9.80 Å². The molecule has 2 N–H and O–H groups in total. The lowest BCUT2D eigenvalue weighted by Crippen LogP contribution is -2.42. The van der Waals surface area contributed by atoms with Gasteiger partial charge in [-0.15, -0.1) is 0 Å². The minimum absolute atomic E-state index is 0.0168. The number of amides is 1. The number of carbonyl (C=O) groups excluding carboxylic acids is 1. The van der Waals surface area contributed by atoms with Crippen molar-refractivity contribution in [3.8, 4) is 11.1 Å². The van der Waals surface area contributed by atoms with Crippen LogP contribution in [0.1, 0.15) is 43.5 Å². The van der Waals surface area contributed by atoms with Gasteiger partial charge in [0.15, 0.2) is 0 Å². The first kappa shape index (κ1) is 23.7. The van der Waals surface area contributed by atoms with E-state index in [0.29, 0.717) is 37.5 Å². The Morgan fingerprint density at radius 1 is 1.00 bits per heavy atom. The van der Waals surface area contributed by atoms with Crippen LogP contribution in [0.4, 0.5) is 10.1 Å². The van der Waals surface area contributed by atoms with Gasteiger partial charge in [0.1, 0.15) is 5.67 Å². The first-order valence-corrected chi connectivity index (χ1v) is 12.1. The Morgan fingerprint density at radius 3 is 2.15 bits per heavy atom. The number of β-amino-alcohol motifs (C(OH)–C–C–N with tert-alkyl or cyclic N) is 1. The van der Waals surface area contributed by atoms with E-state index in [1.54, 1.807) is 18.7 Å². The van der Waals surface area contributed by atoms with Crippen LogP contribution in [0.3, 0.4) is 0 Å². The fourth-order valence-electron chi connectivity index (χ4n) is 4.84.